The number of hydrogen-bond acceptors (Lipinski definition) is 3. The fraction of sp³-hybridized carbons (Fsp3) is 0.750. The molecule has 2 amide bonds. The van der Waals surface area contributed by atoms with Crippen LogP contribution in [-0.2, 0) is 4.79 Å². The van der Waals surface area contributed by atoms with Gasteiger partial charge in [0.25, 0.3) is 0 Å². The van der Waals surface area contributed by atoms with Gasteiger partial charge in [0.15, 0.2) is 0 Å². The van der Waals surface area contributed by atoms with Crippen LogP contribution < -0.4 is 5.32 Å². The Balaban J connectivity index is 2.40. The minimum absolute atomic E-state index is 0.0560. The second-order valence-corrected chi connectivity index (χ2v) is 3.61. The Labute approximate surface area is 87.9 Å². The summed E-state index contributed by atoms with van der Waals surface area (Å²) in [7, 11) is 0. The molecule has 0 radical (unpaired) electrons. The van der Waals surface area contributed by atoms with E-state index in [0.29, 0.717) is 13.1 Å². The van der Waals surface area contributed by atoms with Crippen molar-refractivity contribution in [1.82, 2.24) is 10.2 Å². The maximum Gasteiger partial charge on any atom is 0.407 e. The zero-order valence-electron chi connectivity index (χ0n) is 7.77. The molecule has 5 nitrogen and oxygen atoms in total. The highest BCUT2D eigenvalue weighted by Crippen LogP contribution is 2.09. The largest absolute Gasteiger partial charge is 0.465 e. The first-order chi connectivity index (χ1) is 6.63. The van der Waals surface area contributed by atoms with Crippen LogP contribution >= 0.6 is 12.6 Å². The van der Waals surface area contributed by atoms with Gasteiger partial charge in [0.05, 0.1) is 5.75 Å². The molecule has 1 rings (SSSR count). The Kier molecular flexibility index (Phi) is 4.06. The van der Waals surface area contributed by atoms with Gasteiger partial charge in [-0.15, -0.1) is 0 Å². The summed E-state index contributed by atoms with van der Waals surface area (Å²) in [5.41, 5.74) is 0. The average molecular weight is 218 g/mol. The van der Waals surface area contributed by atoms with Crippen molar-refractivity contribution in [1.29, 1.82) is 0 Å². The van der Waals surface area contributed by atoms with Crippen molar-refractivity contribution in [3.8, 4) is 0 Å². The number of rotatable bonds is 2. The zero-order chi connectivity index (χ0) is 10.6. The quantitative estimate of drug-likeness (QED) is 0.579. The lowest BCUT2D eigenvalue weighted by atomic mass is 10.1. The first-order valence-electron chi connectivity index (χ1n) is 4.51. The molecular weight excluding hydrogens is 204 g/mol. The van der Waals surface area contributed by atoms with E-state index in [-0.39, 0.29) is 17.7 Å². The Morgan fingerprint density at radius 1 is 1.57 bits per heavy atom. The molecule has 0 aromatic carbocycles. The summed E-state index contributed by atoms with van der Waals surface area (Å²) in [4.78, 5) is 23.0. The lowest BCUT2D eigenvalue weighted by Gasteiger charge is -2.31. The lowest BCUT2D eigenvalue weighted by Crippen LogP contribution is -2.49. The highest BCUT2D eigenvalue weighted by molar-refractivity contribution is 7.81. The summed E-state index contributed by atoms with van der Waals surface area (Å²) in [5, 5.41) is 11.5. The Bertz CT molecular complexity index is 235. The standard InChI is InChI=1S/C8H14N2O3S/c11-7(5-14)9-6-2-1-3-10(4-6)8(12)13/h6,14H,1-5H2,(H,9,11)(H,12,13)/t6-/m1/s1. The molecule has 1 atom stereocenters. The van der Waals surface area contributed by atoms with E-state index in [0.717, 1.165) is 12.8 Å². The number of amides is 2. The summed E-state index contributed by atoms with van der Waals surface area (Å²) in [6.07, 6.45) is 0.711. The van der Waals surface area contributed by atoms with Gasteiger partial charge in [0.1, 0.15) is 0 Å². The van der Waals surface area contributed by atoms with Crippen LogP contribution in [0.5, 0.6) is 0 Å². The molecule has 2 N–H and O–H groups in total. The molecule has 0 aromatic rings. The van der Waals surface area contributed by atoms with Crippen LogP contribution in [0.2, 0.25) is 0 Å². The van der Waals surface area contributed by atoms with Crippen LogP contribution in [-0.4, -0.2) is 46.9 Å². The fourth-order valence-corrected chi connectivity index (χ4v) is 1.63. The number of nitrogens with zero attached hydrogens (tertiary/aromatic N) is 1. The summed E-state index contributed by atoms with van der Waals surface area (Å²) in [5.74, 6) is -0.00519. The summed E-state index contributed by atoms with van der Waals surface area (Å²) in [6.45, 7) is 0.942. The van der Waals surface area contributed by atoms with Crippen molar-refractivity contribution in [3.05, 3.63) is 0 Å². The number of nitrogens with one attached hydrogen (secondary N) is 1. The number of carbonyl (C=O) groups excluding carboxylic acids is 1. The topological polar surface area (TPSA) is 69.6 Å². The summed E-state index contributed by atoms with van der Waals surface area (Å²) < 4.78 is 0. The van der Waals surface area contributed by atoms with E-state index in [4.69, 9.17) is 5.11 Å². The van der Waals surface area contributed by atoms with Crippen LogP contribution in [0.4, 0.5) is 4.79 Å². The maximum atomic E-state index is 11.0. The van der Waals surface area contributed by atoms with Crippen molar-refractivity contribution in [2.24, 2.45) is 0 Å². The van der Waals surface area contributed by atoms with Gasteiger partial charge >= 0.3 is 6.09 Å². The normalized spacial score (nSPS) is 21.8. The second-order valence-electron chi connectivity index (χ2n) is 3.29. The monoisotopic (exact) mass is 218 g/mol. The van der Waals surface area contributed by atoms with E-state index in [2.05, 4.69) is 17.9 Å². The van der Waals surface area contributed by atoms with E-state index < -0.39 is 6.09 Å². The molecule has 1 saturated heterocycles. The first-order valence-corrected chi connectivity index (χ1v) is 5.15. The Hall–Kier alpha value is -0.910. The van der Waals surface area contributed by atoms with Crippen molar-refractivity contribution < 1.29 is 14.7 Å². The Morgan fingerprint density at radius 2 is 2.29 bits per heavy atom. The van der Waals surface area contributed by atoms with Gasteiger partial charge in [-0.2, -0.15) is 12.6 Å². The molecule has 0 unspecified atom stereocenters. The van der Waals surface area contributed by atoms with Crippen LogP contribution in [0.15, 0.2) is 0 Å². The van der Waals surface area contributed by atoms with Gasteiger partial charge in [-0.05, 0) is 12.8 Å². The van der Waals surface area contributed by atoms with Crippen LogP contribution in [0, 0.1) is 0 Å². The molecule has 0 bridgehead atoms. The molecule has 0 spiro atoms. The number of likely N-dealkylation sites (tertiary alicyclic amines) is 1. The van der Waals surface area contributed by atoms with E-state index in [1.165, 1.54) is 4.90 Å². The van der Waals surface area contributed by atoms with Crippen molar-refractivity contribution in [2.75, 3.05) is 18.8 Å². The lowest BCUT2D eigenvalue weighted by molar-refractivity contribution is -0.119. The van der Waals surface area contributed by atoms with Gasteiger partial charge in [-0.1, -0.05) is 0 Å². The number of piperidine rings is 1. The van der Waals surface area contributed by atoms with Crippen LogP contribution in [0.1, 0.15) is 12.8 Å². The maximum absolute atomic E-state index is 11.0. The SMILES string of the molecule is O=C(CS)N[C@@H]1CCCN(C(=O)O)C1. The van der Waals surface area contributed by atoms with Gasteiger partial charge in [0, 0.05) is 19.1 Å². The predicted octanol–water partition coefficient (Wildman–Crippen LogP) is 0.175. The zero-order valence-corrected chi connectivity index (χ0v) is 8.67. The van der Waals surface area contributed by atoms with Gasteiger partial charge in [-0.3, -0.25) is 4.79 Å². The number of carbonyl (C=O) groups is 2. The minimum Gasteiger partial charge on any atom is -0.465 e. The number of carboxylic acid groups (broad SMARTS) is 1. The molecule has 1 aliphatic rings. The smallest absolute Gasteiger partial charge is 0.407 e. The third kappa shape index (κ3) is 3.10. The highest BCUT2D eigenvalue weighted by Gasteiger charge is 2.23. The van der Waals surface area contributed by atoms with E-state index in [9.17, 15) is 9.59 Å². The molecule has 0 aliphatic carbocycles. The van der Waals surface area contributed by atoms with E-state index in [1.54, 1.807) is 0 Å². The molecule has 80 valence electrons. The van der Waals surface area contributed by atoms with Crippen LogP contribution in [0.3, 0.4) is 0 Å². The molecule has 1 fully saturated rings. The molecule has 0 saturated carbocycles. The molecule has 6 heteroatoms. The van der Waals surface area contributed by atoms with Gasteiger partial charge < -0.3 is 15.3 Å². The predicted molar refractivity (Wildman–Crippen MR) is 54.6 cm³/mol. The fourth-order valence-electron chi connectivity index (χ4n) is 1.54. The number of thiol groups is 1. The van der Waals surface area contributed by atoms with E-state index in [1.807, 2.05) is 0 Å². The van der Waals surface area contributed by atoms with Crippen molar-refractivity contribution in [2.45, 2.75) is 18.9 Å². The first kappa shape index (κ1) is 11.2. The Morgan fingerprint density at radius 3 is 2.86 bits per heavy atom. The van der Waals surface area contributed by atoms with Crippen molar-refractivity contribution in [3.63, 3.8) is 0 Å². The average Bonchev–Trinajstić information content (AvgIpc) is 2.18. The minimum atomic E-state index is -0.921. The summed E-state index contributed by atoms with van der Waals surface area (Å²) in [6, 6.07) is -0.0560. The van der Waals surface area contributed by atoms with Gasteiger partial charge in [0.2, 0.25) is 5.91 Å². The molecule has 1 aliphatic heterocycles. The number of hydrogen-bond donors (Lipinski definition) is 3. The van der Waals surface area contributed by atoms with Gasteiger partial charge in [-0.25, -0.2) is 4.79 Å². The van der Waals surface area contributed by atoms with Crippen LogP contribution in [0.25, 0.3) is 0 Å². The second kappa shape index (κ2) is 5.09. The third-order valence-corrected chi connectivity index (χ3v) is 2.49. The third-order valence-electron chi connectivity index (χ3n) is 2.20. The van der Waals surface area contributed by atoms with E-state index >= 15 is 0 Å². The summed E-state index contributed by atoms with van der Waals surface area (Å²) >= 11 is 3.84. The highest BCUT2D eigenvalue weighted by atomic mass is 32.1. The molecule has 14 heavy (non-hydrogen) atoms. The van der Waals surface area contributed by atoms with Crippen molar-refractivity contribution >= 4 is 24.6 Å². The molecule has 0 aromatic heterocycles. The molecule has 1 heterocycles. The molecular formula is C8H14N2O3S.